The Labute approximate surface area is 468 Å². The summed E-state index contributed by atoms with van der Waals surface area (Å²) >= 11 is 0. The van der Waals surface area contributed by atoms with Crippen LogP contribution in [-0.2, 0) is 28.8 Å². The zero-order valence-electron chi connectivity index (χ0n) is 46.0. The molecule has 0 unspecified atom stereocenters. The lowest BCUT2D eigenvalue weighted by molar-refractivity contribution is -0.124. The molecule has 0 aromatic carbocycles. The van der Waals surface area contributed by atoms with Crippen LogP contribution in [0.5, 0.6) is 0 Å². The predicted octanol–water partition coefficient (Wildman–Crippen LogP) is 9.92. The minimum Gasteiger partial charge on any atom is -0.370 e. The van der Waals surface area contributed by atoms with E-state index in [0.29, 0.717) is 0 Å². The summed E-state index contributed by atoms with van der Waals surface area (Å²) in [5.41, 5.74) is 16.1. The Morgan fingerprint density at radius 1 is 0.413 bits per heavy atom. The first-order valence-corrected chi connectivity index (χ1v) is 33.1. The summed E-state index contributed by atoms with van der Waals surface area (Å²) in [6, 6.07) is -1.02. The molecule has 0 bridgehead atoms. The van der Waals surface area contributed by atoms with Gasteiger partial charge in [0.2, 0.25) is 23.6 Å². The summed E-state index contributed by atoms with van der Waals surface area (Å²) in [7, 11) is 4.99. The van der Waals surface area contributed by atoms with Gasteiger partial charge in [-0.3, -0.25) is 28.8 Å². The smallest absolute Gasteiger partial charge is 0.250 e. The Morgan fingerprint density at radius 2 is 0.733 bits per heavy atom. The lowest BCUT2D eigenvalue weighted by Gasteiger charge is -2.14. The summed E-state index contributed by atoms with van der Waals surface area (Å²) in [4.78, 5) is 77.8. The van der Waals surface area contributed by atoms with Crippen molar-refractivity contribution in [1.29, 1.82) is 0 Å². The highest BCUT2D eigenvalue weighted by Crippen LogP contribution is 2.21. The third-order valence-electron chi connectivity index (χ3n) is 11.4. The minimum absolute atomic E-state index is 0.0312. The topological polar surface area (TPSA) is 264 Å². The zero-order valence-corrected chi connectivity index (χ0v) is 49.3. The second-order valence-corrected chi connectivity index (χ2v) is 23.4. The van der Waals surface area contributed by atoms with Gasteiger partial charge in [0, 0.05) is 45.0 Å². The largest absolute Gasteiger partial charge is 0.370 e. The lowest BCUT2D eigenvalue weighted by atomic mass is 10.1. The fourth-order valence-corrected chi connectivity index (χ4v) is 10.6. The molecule has 430 valence electrons. The van der Waals surface area contributed by atoms with Crippen molar-refractivity contribution >= 4 is 97.0 Å². The summed E-state index contributed by atoms with van der Waals surface area (Å²) in [5, 5.41) is 18.8. The minimum atomic E-state index is -1.02. The van der Waals surface area contributed by atoms with Gasteiger partial charge in [-0.2, -0.15) is 10.2 Å². The molecule has 0 fully saturated rings. The molecule has 75 heavy (non-hydrogen) atoms. The highest BCUT2D eigenvalue weighted by atomic mass is 33.1. The van der Waals surface area contributed by atoms with E-state index < -0.39 is 11.9 Å². The van der Waals surface area contributed by atoms with E-state index in [2.05, 4.69) is 85.5 Å². The number of rotatable bonds is 53. The van der Waals surface area contributed by atoms with Crippen molar-refractivity contribution in [1.82, 2.24) is 32.1 Å². The number of guanidine groups is 1. The van der Waals surface area contributed by atoms with Crippen molar-refractivity contribution in [3.05, 3.63) is 24.3 Å². The van der Waals surface area contributed by atoms with Crippen molar-refractivity contribution < 1.29 is 28.8 Å². The number of carbonyl (C=O) groups excluding carboxylic acids is 6. The Morgan fingerprint density at radius 3 is 1.11 bits per heavy atom. The lowest BCUT2D eigenvalue weighted by Crippen LogP contribution is -2.41. The first-order chi connectivity index (χ1) is 36.6. The third kappa shape index (κ3) is 54.9. The first kappa shape index (κ1) is 71.3. The van der Waals surface area contributed by atoms with E-state index in [1.54, 1.807) is 12.4 Å². The summed E-state index contributed by atoms with van der Waals surface area (Å²) in [5.74, 6) is -1.57. The van der Waals surface area contributed by atoms with Gasteiger partial charge in [0.25, 0.3) is 11.8 Å². The normalized spacial score (nSPS) is 11.9. The van der Waals surface area contributed by atoms with Crippen LogP contribution in [0.15, 0.2) is 39.5 Å². The van der Waals surface area contributed by atoms with E-state index in [9.17, 15) is 28.8 Å². The molecule has 0 aromatic rings. The number of unbranched alkanes of at least 4 members (excludes halogenated alkanes) is 24. The summed E-state index contributed by atoms with van der Waals surface area (Å²) in [6.07, 6.45) is 47.1. The summed E-state index contributed by atoms with van der Waals surface area (Å²) < 4.78 is 0. The molecular formula is C54H99N11O6S4. The van der Waals surface area contributed by atoms with Crippen LogP contribution in [0.2, 0.25) is 0 Å². The number of hydrazone groups is 2. The van der Waals surface area contributed by atoms with Crippen LogP contribution in [0.4, 0.5) is 0 Å². The molecule has 17 nitrogen and oxygen atoms in total. The molecule has 0 heterocycles. The van der Waals surface area contributed by atoms with Gasteiger partial charge in [-0.25, -0.2) is 15.8 Å². The SMILES string of the molecule is CCCCCCCC/C=C\CCCCCCC/C=N\NC(=O)CSSCC(=O)NCCNC(=O)CC[C@H](N=C(N)N)C(=O)NCCNC(=O)CSSCC(=O)N/N=C\CCCCCCC/C=C\CCCCCCCC. The fraction of sp³-hybridized carbons (Fsp3) is 0.759. The van der Waals surface area contributed by atoms with Gasteiger partial charge in [-0.15, -0.1) is 0 Å². The molecule has 0 spiro atoms. The number of hydrogen-bond donors (Lipinski definition) is 8. The predicted molar refractivity (Wildman–Crippen MR) is 323 cm³/mol. The zero-order chi connectivity index (χ0) is 54.9. The van der Waals surface area contributed by atoms with Gasteiger partial charge in [-0.1, -0.05) is 184 Å². The molecule has 0 rings (SSSR count). The molecule has 0 saturated heterocycles. The Hall–Kier alpha value is -3.69. The van der Waals surface area contributed by atoms with Gasteiger partial charge in [0.05, 0.1) is 23.0 Å². The van der Waals surface area contributed by atoms with E-state index >= 15 is 0 Å². The Kier molecular flexibility index (Phi) is 53.7. The van der Waals surface area contributed by atoms with Crippen LogP contribution in [0.25, 0.3) is 0 Å². The first-order valence-electron chi connectivity index (χ1n) is 28.1. The van der Waals surface area contributed by atoms with Crippen LogP contribution in [0.1, 0.15) is 206 Å². The number of allylic oxidation sites excluding steroid dienone is 4. The van der Waals surface area contributed by atoms with E-state index in [1.165, 1.54) is 172 Å². The van der Waals surface area contributed by atoms with Crippen molar-refractivity contribution in [2.75, 3.05) is 49.2 Å². The third-order valence-corrected chi connectivity index (χ3v) is 15.7. The van der Waals surface area contributed by atoms with E-state index in [1.807, 2.05) is 0 Å². The van der Waals surface area contributed by atoms with Gasteiger partial charge >= 0.3 is 0 Å². The number of carbonyl (C=O) groups is 6. The van der Waals surface area contributed by atoms with Gasteiger partial charge < -0.3 is 32.7 Å². The average Bonchev–Trinajstić information content (AvgIpc) is 3.39. The number of nitrogens with zero attached hydrogens (tertiary/aromatic N) is 3. The molecule has 0 radical (unpaired) electrons. The Bertz CT molecular complexity index is 1620. The fourth-order valence-electron chi connectivity index (χ4n) is 7.22. The molecular weight excluding hydrogens is 1030 g/mol. The van der Waals surface area contributed by atoms with Gasteiger partial charge in [-0.05, 0) is 83.5 Å². The van der Waals surface area contributed by atoms with E-state index in [0.717, 1.165) is 51.4 Å². The second-order valence-electron chi connectivity index (χ2n) is 18.4. The highest BCUT2D eigenvalue weighted by molar-refractivity contribution is 8.77. The quantitative estimate of drug-likeness (QED) is 0.00707. The molecule has 0 aliphatic rings. The molecule has 1 atom stereocenters. The molecule has 0 saturated carbocycles. The van der Waals surface area contributed by atoms with Gasteiger partial charge in [0.15, 0.2) is 5.96 Å². The number of nitrogens with two attached hydrogens (primary N) is 2. The Balaban J connectivity index is 3.89. The average molecular weight is 1130 g/mol. The monoisotopic (exact) mass is 1130 g/mol. The maximum Gasteiger partial charge on any atom is 0.250 e. The number of hydrogen-bond acceptors (Lipinski definition) is 13. The van der Waals surface area contributed by atoms with Gasteiger partial charge in [0.1, 0.15) is 6.04 Å². The van der Waals surface area contributed by atoms with Crippen LogP contribution < -0.4 is 43.6 Å². The maximum atomic E-state index is 12.8. The molecule has 0 aliphatic carbocycles. The van der Waals surface area contributed by atoms with E-state index in [-0.39, 0.29) is 97.5 Å². The number of nitrogens with one attached hydrogen (secondary N) is 6. The standard InChI is InChI=1S/C54H99N11O6S4/c1-3-5-7-9-11-13-15-17-19-21-23-25-27-29-31-33-37-61-64-51(69)45-74-72-43-49(67)58-40-39-57-48(66)36-35-47(63-54(55)56)53(71)60-42-41-59-50(68)44-73-75-46-52(70)65-62-38-34-32-30-28-26-24-22-20-18-16-14-12-10-8-6-4-2/h17-20,37-38,47H,3-16,21-36,39-46H2,1-2H3,(H,57,66)(H,58,67)(H,59,68)(H,60,71)(H,64,69)(H,65,70)(H4,55,56,63)/b19-17-,20-18-,61-37-,62-38-/t47-/m0/s1. The van der Waals surface area contributed by atoms with Crippen molar-refractivity contribution in [3.8, 4) is 0 Å². The number of amides is 6. The van der Waals surface area contributed by atoms with Crippen LogP contribution >= 0.6 is 43.2 Å². The van der Waals surface area contributed by atoms with E-state index in [4.69, 9.17) is 11.5 Å². The van der Waals surface area contributed by atoms with Crippen molar-refractivity contribution in [3.63, 3.8) is 0 Å². The molecule has 10 N–H and O–H groups in total. The second kappa shape index (κ2) is 56.5. The van der Waals surface area contributed by atoms with Crippen molar-refractivity contribution in [2.45, 2.75) is 213 Å². The summed E-state index contributed by atoms with van der Waals surface area (Å²) in [6.45, 7) is 5.15. The maximum absolute atomic E-state index is 12.8. The van der Waals surface area contributed by atoms with Crippen LogP contribution in [0, 0.1) is 0 Å². The van der Waals surface area contributed by atoms with Crippen LogP contribution in [0.3, 0.4) is 0 Å². The van der Waals surface area contributed by atoms with Crippen molar-refractivity contribution in [2.24, 2.45) is 26.7 Å². The molecule has 0 aliphatic heterocycles. The van der Waals surface area contributed by atoms with Crippen LogP contribution in [-0.4, -0.2) is 109 Å². The molecule has 0 aromatic heterocycles. The number of aliphatic imine (C=N–C) groups is 1. The molecule has 21 heteroatoms. The highest BCUT2D eigenvalue weighted by Gasteiger charge is 2.19. The molecule has 6 amide bonds.